The van der Waals surface area contributed by atoms with Gasteiger partial charge in [-0.1, -0.05) is 0 Å². The van der Waals surface area contributed by atoms with Crippen LogP contribution in [0.2, 0.25) is 0 Å². The number of hydrogen-bond donors (Lipinski definition) is 2. The van der Waals surface area contributed by atoms with Crippen molar-refractivity contribution in [3.63, 3.8) is 0 Å². The lowest BCUT2D eigenvalue weighted by Gasteiger charge is -2.28. The van der Waals surface area contributed by atoms with Crippen LogP contribution in [0.4, 0.5) is 11.4 Å². The number of ether oxygens (including phenoxy) is 3. The molecule has 2 rings (SSSR count). The lowest BCUT2D eigenvalue weighted by atomic mass is 9.85. The van der Waals surface area contributed by atoms with Crippen molar-refractivity contribution in [2.24, 2.45) is 5.92 Å². The van der Waals surface area contributed by atoms with E-state index in [-0.39, 0.29) is 35.7 Å². The predicted octanol–water partition coefficient (Wildman–Crippen LogP) is 1.97. The summed E-state index contributed by atoms with van der Waals surface area (Å²) in [6, 6.07) is 5.05. The van der Waals surface area contributed by atoms with Crippen LogP contribution in [0.15, 0.2) is 46.8 Å². The molecule has 0 atom stereocenters. The van der Waals surface area contributed by atoms with Crippen molar-refractivity contribution in [1.82, 2.24) is 5.32 Å². The summed E-state index contributed by atoms with van der Waals surface area (Å²) in [4.78, 5) is 60.6. The van der Waals surface area contributed by atoms with Crippen LogP contribution in [-0.2, 0) is 33.4 Å². The fourth-order valence-corrected chi connectivity index (χ4v) is 3.27. The van der Waals surface area contributed by atoms with Crippen molar-refractivity contribution in [3.05, 3.63) is 56.9 Å². The Kier molecular flexibility index (Phi) is 8.87. The Morgan fingerprint density at radius 3 is 1.88 bits per heavy atom. The molecule has 1 heterocycles. The van der Waals surface area contributed by atoms with Crippen molar-refractivity contribution in [2.45, 2.75) is 27.7 Å². The molecular formula is C22H25N3O9. The number of allylic oxidation sites excluding steroid dienone is 2. The minimum absolute atomic E-state index is 0.0342. The number of nitro groups is 1. The van der Waals surface area contributed by atoms with Gasteiger partial charge in [0.25, 0.3) is 11.6 Å². The monoisotopic (exact) mass is 475 g/mol. The second-order valence-electron chi connectivity index (χ2n) is 7.04. The topological polar surface area (TPSA) is 163 Å². The van der Waals surface area contributed by atoms with E-state index in [2.05, 4.69) is 10.6 Å². The predicted molar refractivity (Wildman–Crippen MR) is 118 cm³/mol. The molecule has 0 radical (unpaired) electrons. The highest BCUT2D eigenvalue weighted by molar-refractivity contribution is 6.06. The summed E-state index contributed by atoms with van der Waals surface area (Å²) in [6.07, 6.45) is 0. The van der Waals surface area contributed by atoms with Crippen molar-refractivity contribution in [2.75, 3.05) is 25.1 Å². The van der Waals surface area contributed by atoms with Crippen LogP contribution >= 0.6 is 0 Å². The van der Waals surface area contributed by atoms with Crippen LogP contribution in [-0.4, -0.2) is 48.6 Å². The lowest BCUT2D eigenvalue weighted by molar-refractivity contribution is -0.384. The van der Waals surface area contributed by atoms with Crippen LogP contribution in [0.3, 0.4) is 0 Å². The van der Waals surface area contributed by atoms with Crippen LogP contribution in [0.25, 0.3) is 0 Å². The third kappa shape index (κ3) is 6.18. The van der Waals surface area contributed by atoms with E-state index < -0.39 is 41.3 Å². The third-order valence-electron chi connectivity index (χ3n) is 4.69. The Morgan fingerprint density at radius 1 is 0.941 bits per heavy atom. The van der Waals surface area contributed by atoms with Gasteiger partial charge in [0.1, 0.15) is 5.92 Å². The summed E-state index contributed by atoms with van der Waals surface area (Å²) >= 11 is 0. The fraction of sp³-hybridized carbons (Fsp3) is 0.364. The molecule has 1 aromatic carbocycles. The molecule has 0 unspecified atom stereocenters. The number of amides is 1. The van der Waals surface area contributed by atoms with Crippen LogP contribution < -0.4 is 10.6 Å². The summed E-state index contributed by atoms with van der Waals surface area (Å²) in [5.74, 6) is -4.86. The van der Waals surface area contributed by atoms with E-state index in [4.69, 9.17) is 14.2 Å². The van der Waals surface area contributed by atoms with Crippen molar-refractivity contribution in [1.29, 1.82) is 0 Å². The first-order valence-corrected chi connectivity index (χ1v) is 10.3. The Labute approximate surface area is 195 Å². The van der Waals surface area contributed by atoms with Gasteiger partial charge in [-0.3, -0.25) is 19.7 Å². The van der Waals surface area contributed by atoms with Gasteiger partial charge in [-0.25, -0.2) is 9.59 Å². The molecule has 0 fully saturated rings. The van der Waals surface area contributed by atoms with Crippen LogP contribution in [0.1, 0.15) is 27.7 Å². The molecule has 12 nitrogen and oxygen atoms in total. The first kappa shape index (κ1) is 26.0. The molecule has 0 aliphatic carbocycles. The minimum atomic E-state index is -1.47. The number of nitrogens with zero attached hydrogens (tertiary/aromatic N) is 1. The number of benzene rings is 1. The second-order valence-corrected chi connectivity index (χ2v) is 7.04. The maximum atomic E-state index is 13.0. The van der Waals surface area contributed by atoms with Crippen molar-refractivity contribution in [3.8, 4) is 0 Å². The molecule has 1 aromatic rings. The maximum absolute atomic E-state index is 13.0. The zero-order valence-electron chi connectivity index (χ0n) is 19.1. The summed E-state index contributed by atoms with van der Waals surface area (Å²) in [5.41, 5.74) is 0.423. The Hall–Kier alpha value is -4.22. The maximum Gasteiger partial charge on any atom is 0.337 e. The highest BCUT2D eigenvalue weighted by Gasteiger charge is 2.42. The van der Waals surface area contributed by atoms with Gasteiger partial charge in [-0.05, 0) is 39.8 Å². The van der Waals surface area contributed by atoms with Gasteiger partial charge < -0.3 is 24.8 Å². The zero-order chi connectivity index (χ0) is 25.4. The number of carbonyl (C=O) groups excluding carboxylic acids is 4. The number of dihydropyridines is 1. The normalized spacial score (nSPS) is 13.6. The molecule has 12 heteroatoms. The van der Waals surface area contributed by atoms with E-state index in [1.54, 1.807) is 27.7 Å². The first-order chi connectivity index (χ1) is 16.1. The molecule has 2 N–H and O–H groups in total. The van der Waals surface area contributed by atoms with E-state index >= 15 is 0 Å². The molecule has 0 aromatic heterocycles. The largest absolute Gasteiger partial charge is 0.463 e. The number of nitro benzene ring substituents is 1. The number of carbonyl (C=O) groups is 4. The molecule has 0 spiro atoms. The van der Waals surface area contributed by atoms with Crippen molar-refractivity contribution < 1.29 is 38.3 Å². The number of hydrogen-bond acceptors (Lipinski definition) is 10. The number of rotatable bonds is 9. The average Bonchev–Trinajstić information content (AvgIpc) is 2.77. The Balaban J connectivity index is 2.22. The van der Waals surface area contributed by atoms with Gasteiger partial charge >= 0.3 is 17.9 Å². The van der Waals surface area contributed by atoms with Gasteiger partial charge in [-0.2, -0.15) is 0 Å². The van der Waals surface area contributed by atoms with Gasteiger partial charge in [0, 0.05) is 29.2 Å². The molecule has 0 saturated carbocycles. The first-order valence-electron chi connectivity index (χ1n) is 10.3. The summed E-state index contributed by atoms with van der Waals surface area (Å²) in [7, 11) is 0. The Morgan fingerprint density at radius 2 is 1.44 bits per heavy atom. The Bertz CT molecular complexity index is 1020. The number of anilines is 1. The van der Waals surface area contributed by atoms with E-state index in [1.165, 1.54) is 24.3 Å². The average molecular weight is 475 g/mol. The van der Waals surface area contributed by atoms with Gasteiger partial charge in [0.15, 0.2) is 6.61 Å². The van der Waals surface area contributed by atoms with Gasteiger partial charge in [0.2, 0.25) is 0 Å². The number of esters is 3. The highest BCUT2D eigenvalue weighted by Crippen LogP contribution is 2.32. The summed E-state index contributed by atoms with van der Waals surface area (Å²) in [6.45, 7) is 5.60. The van der Waals surface area contributed by atoms with Crippen LogP contribution in [0.5, 0.6) is 0 Å². The molecule has 182 valence electrons. The van der Waals surface area contributed by atoms with Crippen LogP contribution in [0, 0.1) is 16.0 Å². The molecular weight excluding hydrogens is 450 g/mol. The van der Waals surface area contributed by atoms with E-state index in [0.29, 0.717) is 11.4 Å². The standard InChI is InChI=1S/C22H25N3O9/c1-5-32-20(27)17-12(3)23-13(4)18(21(28)33-6-2)19(17)22(29)34-11-16(26)24-14-7-9-15(10-8-14)25(30)31/h7-10,19,23H,5-6,11H2,1-4H3,(H,24,26). The molecule has 0 saturated heterocycles. The van der Waals surface area contributed by atoms with Gasteiger partial charge in [0.05, 0.1) is 29.3 Å². The molecule has 34 heavy (non-hydrogen) atoms. The quantitative estimate of drug-likeness (QED) is 0.234. The SMILES string of the molecule is CCOC(=O)C1=C(C)NC(C)=C(C(=O)OCC)C1C(=O)OCC(=O)Nc1ccc([N+](=O)[O-])cc1. The van der Waals surface area contributed by atoms with Crippen molar-refractivity contribution >= 4 is 35.2 Å². The second kappa shape index (κ2) is 11.6. The lowest BCUT2D eigenvalue weighted by Crippen LogP contribution is -2.39. The zero-order valence-corrected chi connectivity index (χ0v) is 19.1. The molecule has 1 aliphatic heterocycles. The molecule has 0 bridgehead atoms. The molecule has 1 aliphatic rings. The van der Waals surface area contributed by atoms with Gasteiger partial charge in [-0.15, -0.1) is 0 Å². The fourth-order valence-electron chi connectivity index (χ4n) is 3.27. The number of nitrogens with one attached hydrogen (secondary N) is 2. The molecule has 1 amide bonds. The summed E-state index contributed by atoms with van der Waals surface area (Å²) in [5, 5.41) is 16.0. The minimum Gasteiger partial charge on any atom is -0.463 e. The smallest absolute Gasteiger partial charge is 0.337 e. The third-order valence-corrected chi connectivity index (χ3v) is 4.69. The number of non-ortho nitro benzene ring substituents is 1. The summed E-state index contributed by atoms with van der Waals surface area (Å²) < 4.78 is 15.2. The highest BCUT2D eigenvalue weighted by atomic mass is 16.6. The van der Waals surface area contributed by atoms with E-state index in [0.717, 1.165) is 0 Å². The van der Waals surface area contributed by atoms with E-state index in [1.807, 2.05) is 0 Å². The van der Waals surface area contributed by atoms with E-state index in [9.17, 15) is 29.3 Å².